The maximum Gasteiger partial charge on any atom is 0.148 e. The van der Waals surface area contributed by atoms with Crippen LogP contribution < -0.4 is 5.32 Å². The Hall–Kier alpha value is -1.69. The van der Waals surface area contributed by atoms with E-state index in [2.05, 4.69) is 48.2 Å². The van der Waals surface area contributed by atoms with Crippen LogP contribution in [0.5, 0.6) is 0 Å². The van der Waals surface area contributed by atoms with Gasteiger partial charge in [-0.15, -0.1) is 0 Å². The normalized spacial score (nSPS) is 11.2. The van der Waals surface area contributed by atoms with Crippen LogP contribution in [-0.2, 0) is 19.6 Å². The predicted octanol–water partition coefficient (Wildman–Crippen LogP) is 1.27. The van der Waals surface area contributed by atoms with Gasteiger partial charge in [0.15, 0.2) is 0 Å². The fourth-order valence-corrected chi connectivity index (χ4v) is 2.20. The fourth-order valence-electron chi connectivity index (χ4n) is 2.20. The molecule has 0 saturated heterocycles. The molecule has 2 rings (SSSR count). The zero-order valence-corrected chi connectivity index (χ0v) is 12.1. The summed E-state index contributed by atoms with van der Waals surface area (Å²) >= 11 is 0. The van der Waals surface area contributed by atoms with Crippen molar-refractivity contribution in [2.45, 2.75) is 47.3 Å². The van der Waals surface area contributed by atoms with Crippen molar-refractivity contribution in [1.29, 1.82) is 0 Å². The van der Waals surface area contributed by atoms with Crippen molar-refractivity contribution in [2.24, 2.45) is 0 Å². The second kappa shape index (κ2) is 5.97. The van der Waals surface area contributed by atoms with E-state index in [-0.39, 0.29) is 0 Å². The Labute approximate surface area is 113 Å². The van der Waals surface area contributed by atoms with Gasteiger partial charge < -0.3 is 5.32 Å². The third kappa shape index (κ3) is 2.84. The van der Waals surface area contributed by atoms with E-state index >= 15 is 0 Å². The first-order valence-corrected chi connectivity index (χ1v) is 6.77. The smallest absolute Gasteiger partial charge is 0.148 e. The molecule has 104 valence electrons. The highest BCUT2D eigenvalue weighted by molar-refractivity contribution is 5.24. The van der Waals surface area contributed by atoms with Crippen molar-refractivity contribution in [2.75, 3.05) is 6.54 Å². The van der Waals surface area contributed by atoms with Gasteiger partial charge in [0.25, 0.3) is 0 Å². The molecule has 0 fully saturated rings. The molecule has 6 heteroatoms. The molecule has 0 bridgehead atoms. The first-order valence-electron chi connectivity index (χ1n) is 6.77. The molecule has 2 aromatic rings. The molecule has 2 aromatic heterocycles. The molecule has 0 amide bonds. The van der Waals surface area contributed by atoms with Gasteiger partial charge >= 0.3 is 0 Å². The quantitative estimate of drug-likeness (QED) is 0.851. The summed E-state index contributed by atoms with van der Waals surface area (Å²) in [5.41, 5.74) is 3.56. The highest BCUT2D eigenvalue weighted by Crippen LogP contribution is 2.14. The Bertz CT molecular complexity index is 539. The summed E-state index contributed by atoms with van der Waals surface area (Å²) in [6, 6.07) is 0. The topological polar surface area (TPSA) is 60.6 Å². The van der Waals surface area contributed by atoms with E-state index in [0.29, 0.717) is 6.54 Å². The molecule has 0 atom stereocenters. The van der Waals surface area contributed by atoms with Crippen LogP contribution in [0.4, 0.5) is 0 Å². The molecule has 19 heavy (non-hydrogen) atoms. The van der Waals surface area contributed by atoms with Gasteiger partial charge in [-0.3, -0.25) is 4.68 Å². The lowest BCUT2D eigenvalue weighted by Gasteiger charge is -2.06. The van der Waals surface area contributed by atoms with Crippen molar-refractivity contribution < 1.29 is 0 Å². The van der Waals surface area contributed by atoms with Gasteiger partial charge in [-0.25, -0.2) is 9.67 Å². The predicted molar refractivity (Wildman–Crippen MR) is 73.9 cm³/mol. The number of nitrogens with one attached hydrogen (secondary N) is 1. The average molecular weight is 262 g/mol. The summed E-state index contributed by atoms with van der Waals surface area (Å²) in [5, 5.41) is 12.2. The number of hydrogen-bond acceptors (Lipinski definition) is 4. The molecule has 0 radical (unpaired) electrons. The fraction of sp³-hybridized carbons (Fsp3) is 0.615. The third-order valence-corrected chi connectivity index (χ3v) is 3.37. The minimum atomic E-state index is 0.673. The third-order valence-electron chi connectivity index (χ3n) is 3.37. The van der Waals surface area contributed by atoms with Crippen molar-refractivity contribution in [3.63, 3.8) is 0 Å². The molecule has 2 heterocycles. The van der Waals surface area contributed by atoms with E-state index in [1.165, 1.54) is 11.3 Å². The Morgan fingerprint density at radius 1 is 1.21 bits per heavy atom. The minimum absolute atomic E-state index is 0.673. The SMILES string of the molecule is CCNCc1c(C)nn(Cc2ncnn2CC)c1C. The second-order valence-electron chi connectivity index (χ2n) is 4.58. The molecular weight excluding hydrogens is 240 g/mol. The summed E-state index contributed by atoms with van der Waals surface area (Å²) in [7, 11) is 0. The molecule has 0 aliphatic heterocycles. The minimum Gasteiger partial charge on any atom is -0.313 e. The Balaban J connectivity index is 2.21. The summed E-state index contributed by atoms with van der Waals surface area (Å²) in [6.45, 7) is 11.7. The van der Waals surface area contributed by atoms with Gasteiger partial charge in [-0.2, -0.15) is 10.2 Å². The van der Waals surface area contributed by atoms with Gasteiger partial charge in [0.05, 0.1) is 5.69 Å². The molecule has 0 saturated carbocycles. The maximum absolute atomic E-state index is 4.61. The van der Waals surface area contributed by atoms with Crippen molar-refractivity contribution in [1.82, 2.24) is 29.9 Å². The van der Waals surface area contributed by atoms with Gasteiger partial charge in [-0.1, -0.05) is 6.92 Å². The Morgan fingerprint density at radius 2 is 2.00 bits per heavy atom. The van der Waals surface area contributed by atoms with Crippen LogP contribution in [0, 0.1) is 13.8 Å². The van der Waals surface area contributed by atoms with Crippen LogP contribution in [0.1, 0.15) is 36.6 Å². The van der Waals surface area contributed by atoms with Crippen LogP contribution in [0.25, 0.3) is 0 Å². The summed E-state index contributed by atoms with van der Waals surface area (Å²) < 4.78 is 3.92. The van der Waals surface area contributed by atoms with Gasteiger partial charge in [0.1, 0.15) is 18.7 Å². The van der Waals surface area contributed by atoms with E-state index in [0.717, 1.165) is 31.2 Å². The molecule has 0 aliphatic rings. The van der Waals surface area contributed by atoms with Crippen molar-refractivity contribution in [3.8, 4) is 0 Å². The Kier molecular flexibility index (Phi) is 4.31. The molecule has 0 spiro atoms. The van der Waals surface area contributed by atoms with E-state index in [4.69, 9.17) is 0 Å². The molecule has 0 unspecified atom stereocenters. The highest BCUT2D eigenvalue weighted by Gasteiger charge is 2.13. The summed E-state index contributed by atoms with van der Waals surface area (Å²) in [5.74, 6) is 0.947. The molecule has 0 aliphatic carbocycles. The second-order valence-corrected chi connectivity index (χ2v) is 4.58. The van der Waals surface area contributed by atoms with Crippen molar-refractivity contribution in [3.05, 3.63) is 29.1 Å². The zero-order chi connectivity index (χ0) is 13.8. The number of aryl methyl sites for hydroxylation is 2. The van der Waals surface area contributed by atoms with Crippen molar-refractivity contribution >= 4 is 0 Å². The molecule has 0 aromatic carbocycles. The van der Waals surface area contributed by atoms with Crippen LogP contribution in [0.3, 0.4) is 0 Å². The van der Waals surface area contributed by atoms with Crippen LogP contribution in [0.2, 0.25) is 0 Å². The average Bonchev–Trinajstić information content (AvgIpc) is 2.94. The lowest BCUT2D eigenvalue weighted by Crippen LogP contribution is -2.14. The van der Waals surface area contributed by atoms with E-state index in [1.54, 1.807) is 6.33 Å². The first-order chi connectivity index (χ1) is 9.17. The van der Waals surface area contributed by atoms with Crippen LogP contribution >= 0.6 is 0 Å². The van der Waals surface area contributed by atoms with Gasteiger partial charge in [0.2, 0.25) is 0 Å². The number of hydrogen-bond donors (Lipinski definition) is 1. The van der Waals surface area contributed by atoms with Gasteiger partial charge in [-0.05, 0) is 27.3 Å². The largest absolute Gasteiger partial charge is 0.313 e. The molecule has 1 N–H and O–H groups in total. The van der Waals surface area contributed by atoms with Crippen LogP contribution in [0.15, 0.2) is 6.33 Å². The van der Waals surface area contributed by atoms with E-state index in [1.807, 2.05) is 9.36 Å². The zero-order valence-electron chi connectivity index (χ0n) is 12.1. The molecular formula is C13H22N6. The standard InChI is InChI=1S/C13H22N6/c1-5-14-7-12-10(3)17-19(11(12)4)8-13-15-9-16-18(13)6-2/h9,14H,5-8H2,1-4H3. The number of aromatic nitrogens is 5. The summed E-state index contributed by atoms with van der Waals surface area (Å²) in [6.07, 6.45) is 1.60. The Morgan fingerprint density at radius 3 is 2.68 bits per heavy atom. The lowest BCUT2D eigenvalue weighted by atomic mass is 10.2. The highest BCUT2D eigenvalue weighted by atomic mass is 15.4. The molecule has 6 nitrogen and oxygen atoms in total. The first kappa shape index (κ1) is 13.7. The number of nitrogens with zero attached hydrogens (tertiary/aromatic N) is 5. The van der Waals surface area contributed by atoms with E-state index in [9.17, 15) is 0 Å². The monoisotopic (exact) mass is 262 g/mol. The maximum atomic E-state index is 4.61. The van der Waals surface area contributed by atoms with Crippen LogP contribution in [-0.4, -0.2) is 31.1 Å². The summed E-state index contributed by atoms with van der Waals surface area (Å²) in [4.78, 5) is 4.30. The van der Waals surface area contributed by atoms with E-state index < -0.39 is 0 Å². The lowest BCUT2D eigenvalue weighted by molar-refractivity contribution is 0.558. The van der Waals surface area contributed by atoms with Gasteiger partial charge in [0, 0.05) is 24.3 Å². The number of rotatable bonds is 6.